The number of benzene rings is 2. The number of anilines is 1. The molecular formula is C25H26N2O3S. The maximum absolute atomic E-state index is 13.3. The van der Waals surface area contributed by atoms with Gasteiger partial charge in [0.1, 0.15) is 11.5 Å². The van der Waals surface area contributed by atoms with Crippen molar-refractivity contribution in [3.05, 3.63) is 77.7 Å². The molecule has 4 aromatic rings. The van der Waals surface area contributed by atoms with Crippen LogP contribution in [-0.4, -0.2) is 17.5 Å². The Labute approximate surface area is 186 Å². The van der Waals surface area contributed by atoms with E-state index in [1.54, 1.807) is 11.2 Å². The molecule has 0 atom stereocenters. The van der Waals surface area contributed by atoms with Crippen LogP contribution in [0, 0.1) is 0 Å². The van der Waals surface area contributed by atoms with Crippen molar-refractivity contribution in [3.8, 4) is 5.75 Å². The number of nitrogens with zero attached hydrogens (tertiary/aromatic N) is 2. The van der Waals surface area contributed by atoms with Crippen LogP contribution in [0.5, 0.6) is 5.75 Å². The van der Waals surface area contributed by atoms with Gasteiger partial charge in [0.2, 0.25) is 5.91 Å². The average Bonchev–Trinajstić information content (AvgIpc) is 3.41. The fourth-order valence-electron chi connectivity index (χ4n) is 3.38. The van der Waals surface area contributed by atoms with Crippen molar-refractivity contribution in [3.63, 3.8) is 0 Å². The molecule has 1 amide bonds. The lowest BCUT2D eigenvalue weighted by atomic mass is 10.0. The van der Waals surface area contributed by atoms with Crippen LogP contribution in [0.1, 0.15) is 43.6 Å². The second-order valence-corrected chi connectivity index (χ2v) is 8.70. The highest BCUT2D eigenvalue weighted by molar-refractivity contribution is 7.22. The molecule has 4 rings (SSSR count). The normalized spacial score (nSPS) is 11.2. The molecule has 0 aliphatic rings. The maximum atomic E-state index is 13.3. The zero-order valence-corrected chi connectivity index (χ0v) is 18.8. The smallest absolute Gasteiger partial charge is 0.233 e. The Morgan fingerprint density at radius 2 is 1.97 bits per heavy atom. The van der Waals surface area contributed by atoms with E-state index in [4.69, 9.17) is 14.1 Å². The number of thiazole rings is 1. The fourth-order valence-corrected chi connectivity index (χ4v) is 4.39. The molecule has 160 valence electrons. The number of amides is 1. The van der Waals surface area contributed by atoms with Crippen molar-refractivity contribution < 1.29 is 13.9 Å². The van der Waals surface area contributed by atoms with Crippen molar-refractivity contribution in [2.75, 3.05) is 11.5 Å². The van der Waals surface area contributed by atoms with Gasteiger partial charge in [-0.2, -0.15) is 0 Å². The summed E-state index contributed by atoms with van der Waals surface area (Å²) in [6, 6.07) is 17.8. The summed E-state index contributed by atoms with van der Waals surface area (Å²) in [5.41, 5.74) is 3.10. The monoisotopic (exact) mass is 434 g/mol. The topological polar surface area (TPSA) is 55.6 Å². The summed E-state index contributed by atoms with van der Waals surface area (Å²) in [6.45, 7) is 7.23. The van der Waals surface area contributed by atoms with Crippen LogP contribution in [0.2, 0.25) is 0 Å². The molecule has 0 saturated heterocycles. The van der Waals surface area contributed by atoms with E-state index in [1.165, 1.54) is 16.9 Å². The first-order valence-electron chi connectivity index (χ1n) is 10.5. The van der Waals surface area contributed by atoms with Crippen molar-refractivity contribution in [2.45, 2.75) is 39.7 Å². The lowest BCUT2D eigenvalue weighted by Gasteiger charge is -2.19. The summed E-state index contributed by atoms with van der Waals surface area (Å²) >= 11 is 1.48. The standard InChI is InChI=1S/C25H26N2O3S/c1-4-29-20-11-12-22-23(15-20)31-25(26-22)27(16-21-6-5-13-30-21)24(28)14-18-7-9-19(10-8-18)17(2)3/h5-13,15,17H,4,14,16H2,1-3H3. The van der Waals surface area contributed by atoms with Crippen molar-refractivity contribution in [2.24, 2.45) is 0 Å². The van der Waals surface area contributed by atoms with Gasteiger partial charge in [-0.3, -0.25) is 9.69 Å². The summed E-state index contributed by atoms with van der Waals surface area (Å²) in [4.78, 5) is 19.8. The Bertz CT molecular complexity index is 1150. The summed E-state index contributed by atoms with van der Waals surface area (Å²) < 4.78 is 12.1. The molecule has 0 spiro atoms. The average molecular weight is 435 g/mol. The molecule has 2 aromatic carbocycles. The number of aromatic nitrogens is 1. The van der Waals surface area contributed by atoms with Crippen LogP contribution >= 0.6 is 11.3 Å². The van der Waals surface area contributed by atoms with Crippen molar-refractivity contribution in [1.29, 1.82) is 0 Å². The number of carbonyl (C=O) groups excluding carboxylic acids is 1. The lowest BCUT2D eigenvalue weighted by molar-refractivity contribution is -0.118. The highest BCUT2D eigenvalue weighted by Gasteiger charge is 2.22. The maximum Gasteiger partial charge on any atom is 0.233 e. The molecule has 0 aliphatic carbocycles. The third kappa shape index (κ3) is 4.97. The number of ether oxygens (including phenoxy) is 1. The van der Waals surface area contributed by atoms with Crippen LogP contribution in [0.3, 0.4) is 0 Å². The molecule has 0 aliphatic heterocycles. The van der Waals surface area contributed by atoms with E-state index in [2.05, 4.69) is 26.0 Å². The molecule has 2 aromatic heterocycles. The first kappa shape index (κ1) is 21.1. The van der Waals surface area contributed by atoms with Crippen LogP contribution in [0.25, 0.3) is 10.2 Å². The fraction of sp³-hybridized carbons (Fsp3) is 0.280. The lowest BCUT2D eigenvalue weighted by Crippen LogP contribution is -2.31. The molecule has 0 fully saturated rings. The van der Waals surface area contributed by atoms with Gasteiger partial charge in [-0.25, -0.2) is 4.98 Å². The van der Waals surface area contributed by atoms with Crippen molar-refractivity contribution in [1.82, 2.24) is 4.98 Å². The second-order valence-electron chi connectivity index (χ2n) is 7.69. The Morgan fingerprint density at radius 3 is 2.65 bits per heavy atom. The predicted octanol–water partition coefficient (Wildman–Crippen LogP) is 6.19. The summed E-state index contributed by atoms with van der Waals surface area (Å²) in [6.07, 6.45) is 1.93. The first-order valence-corrected chi connectivity index (χ1v) is 11.3. The molecule has 0 unspecified atom stereocenters. The van der Waals surface area contributed by atoms with E-state index in [9.17, 15) is 4.79 Å². The Kier molecular flexibility index (Phi) is 6.37. The largest absolute Gasteiger partial charge is 0.494 e. The van der Waals surface area contributed by atoms with E-state index in [0.29, 0.717) is 30.6 Å². The van der Waals surface area contributed by atoms with Gasteiger partial charge in [-0.1, -0.05) is 49.4 Å². The SMILES string of the molecule is CCOc1ccc2nc(N(Cc3ccco3)C(=O)Cc3ccc(C(C)C)cc3)sc2c1. The van der Waals surface area contributed by atoms with Crippen LogP contribution in [-0.2, 0) is 17.8 Å². The molecule has 0 saturated carbocycles. The number of carbonyl (C=O) groups is 1. The van der Waals surface area contributed by atoms with Crippen LogP contribution < -0.4 is 9.64 Å². The van der Waals surface area contributed by atoms with E-state index >= 15 is 0 Å². The van der Waals surface area contributed by atoms with E-state index in [0.717, 1.165) is 27.3 Å². The molecule has 5 nitrogen and oxygen atoms in total. The van der Waals surface area contributed by atoms with Gasteiger partial charge in [-0.05, 0) is 54.3 Å². The predicted molar refractivity (Wildman–Crippen MR) is 125 cm³/mol. The van der Waals surface area contributed by atoms with Gasteiger partial charge >= 0.3 is 0 Å². The summed E-state index contributed by atoms with van der Waals surface area (Å²) in [5.74, 6) is 1.97. The summed E-state index contributed by atoms with van der Waals surface area (Å²) in [5, 5.41) is 0.656. The third-order valence-corrected chi connectivity index (χ3v) is 6.13. The van der Waals surface area contributed by atoms with Gasteiger partial charge in [-0.15, -0.1) is 0 Å². The summed E-state index contributed by atoms with van der Waals surface area (Å²) in [7, 11) is 0. The number of fused-ring (bicyclic) bond motifs is 1. The van der Waals surface area contributed by atoms with Crippen LogP contribution in [0.4, 0.5) is 5.13 Å². The third-order valence-electron chi connectivity index (χ3n) is 5.09. The number of furan rings is 1. The van der Waals surface area contributed by atoms with E-state index in [1.807, 2.05) is 49.4 Å². The molecular weight excluding hydrogens is 408 g/mol. The van der Waals surface area contributed by atoms with Gasteiger partial charge in [0.05, 0.1) is 36.1 Å². The van der Waals surface area contributed by atoms with Gasteiger partial charge < -0.3 is 9.15 Å². The van der Waals surface area contributed by atoms with Crippen LogP contribution in [0.15, 0.2) is 65.3 Å². The van der Waals surface area contributed by atoms with Gasteiger partial charge in [0, 0.05) is 0 Å². The zero-order valence-electron chi connectivity index (χ0n) is 18.0. The minimum absolute atomic E-state index is 0.0159. The Hall–Kier alpha value is -3.12. The zero-order chi connectivity index (χ0) is 21.8. The minimum atomic E-state index is -0.0159. The Morgan fingerprint density at radius 1 is 1.16 bits per heavy atom. The molecule has 2 heterocycles. The molecule has 0 N–H and O–H groups in total. The van der Waals surface area contributed by atoms with Crippen molar-refractivity contribution >= 4 is 32.6 Å². The number of hydrogen-bond donors (Lipinski definition) is 0. The number of rotatable bonds is 8. The molecule has 0 bridgehead atoms. The molecule has 6 heteroatoms. The molecule has 0 radical (unpaired) electrons. The van der Waals surface area contributed by atoms with E-state index < -0.39 is 0 Å². The Balaban J connectivity index is 1.62. The quantitative estimate of drug-likeness (QED) is 0.332. The highest BCUT2D eigenvalue weighted by Crippen LogP contribution is 2.33. The van der Waals surface area contributed by atoms with Gasteiger partial charge in [0.25, 0.3) is 0 Å². The highest BCUT2D eigenvalue weighted by atomic mass is 32.1. The van der Waals surface area contributed by atoms with Gasteiger partial charge in [0.15, 0.2) is 5.13 Å². The minimum Gasteiger partial charge on any atom is -0.494 e. The first-order chi connectivity index (χ1) is 15.0. The second kappa shape index (κ2) is 9.35. The number of hydrogen-bond acceptors (Lipinski definition) is 5. The van der Waals surface area contributed by atoms with E-state index in [-0.39, 0.29) is 5.91 Å². The molecule has 31 heavy (non-hydrogen) atoms.